The maximum atomic E-state index is 14.6. The number of pyridine rings is 3. The van der Waals surface area contributed by atoms with Crippen molar-refractivity contribution < 1.29 is 9.13 Å². The summed E-state index contributed by atoms with van der Waals surface area (Å²) in [5, 5.41) is 9.28. The molecule has 8 heteroatoms. The minimum atomic E-state index is -0.308. The predicted molar refractivity (Wildman–Crippen MR) is 145 cm³/mol. The number of fused-ring (bicyclic) bond motifs is 2. The molecule has 0 unspecified atom stereocenters. The van der Waals surface area contributed by atoms with Gasteiger partial charge >= 0.3 is 0 Å². The third-order valence-corrected chi connectivity index (χ3v) is 7.25. The number of halogens is 1. The van der Waals surface area contributed by atoms with E-state index in [0.29, 0.717) is 16.9 Å². The normalized spacial score (nSPS) is 14.3. The maximum absolute atomic E-state index is 14.6. The first-order chi connectivity index (χ1) is 18.7. The molecule has 188 valence electrons. The van der Waals surface area contributed by atoms with Gasteiger partial charge in [-0.05, 0) is 62.1 Å². The number of hydrogen-bond donors (Lipinski definition) is 2. The van der Waals surface area contributed by atoms with E-state index in [1.165, 1.54) is 25.3 Å². The molecule has 1 aliphatic rings. The SMILES string of the molecule is Fc1ccccc1-c1nccc2[nH]c(-c3n[nH]c4ncc(-c5cncc(OC6CCCCC6)c5)cc34)cc12. The molecule has 7 nitrogen and oxygen atoms in total. The average Bonchev–Trinajstić information content (AvgIpc) is 3.58. The van der Waals surface area contributed by atoms with Crippen molar-refractivity contribution in [2.45, 2.75) is 38.2 Å². The molecule has 0 atom stereocenters. The van der Waals surface area contributed by atoms with Crippen LogP contribution in [0, 0.1) is 5.82 Å². The molecule has 0 spiro atoms. The molecular formula is C30H25FN6O. The Balaban J connectivity index is 1.26. The van der Waals surface area contributed by atoms with Gasteiger partial charge in [0, 0.05) is 51.6 Å². The first kappa shape index (κ1) is 22.6. The second-order valence-corrected chi connectivity index (χ2v) is 9.76. The van der Waals surface area contributed by atoms with Gasteiger partial charge in [-0.15, -0.1) is 0 Å². The van der Waals surface area contributed by atoms with Gasteiger partial charge in [0.2, 0.25) is 0 Å². The minimum Gasteiger partial charge on any atom is -0.489 e. The van der Waals surface area contributed by atoms with Crippen LogP contribution in [0.5, 0.6) is 5.75 Å². The Kier molecular flexibility index (Phi) is 5.57. The van der Waals surface area contributed by atoms with E-state index in [0.717, 1.165) is 57.4 Å². The van der Waals surface area contributed by atoms with Crippen LogP contribution < -0.4 is 4.74 Å². The summed E-state index contributed by atoms with van der Waals surface area (Å²) in [4.78, 5) is 17.0. The van der Waals surface area contributed by atoms with Crippen LogP contribution in [0.2, 0.25) is 0 Å². The summed E-state index contributed by atoms with van der Waals surface area (Å²) in [6.07, 6.45) is 13.3. The molecule has 0 saturated heterocycles. The van der Waals surface area contributed by atoms with Gasteiger partial charge in [-0.3, -0.25) is 15.1 Å². The number of hydrogen-bond acceptors (Lipinski definition) is 5. The van der Waals surface area contributed by atoms with Crippen molar-refractivity contribution in [1.82, 2.24) is 30.1 Å². The van der Waals surface area contributed by atoms with Gasteiger partial charge in [-0.2, -0.15) is 5.10 Å². The highest BCUT2D eigenvalue weighted by Gasteiger charge is 2.18. The topological polar surface area (TPSA) is 92.4 Å². The molecule has 5 aromatic heterocycles. The summed E-state index contributed by atoms with van der Waals surface area (Å²) >= 11 is 0. The summed E-state index contributed by atoms with van der Waals surface area (Å²) in [6, 6.07) is 14.6. The van der Waals surface area contributed by atoms with Crippen molar-refractivity contribution in [3.8, 4) is 39.5 Å². The number of aromatic amines is 2. The smallest absolute Gasteiger partial charge is 0.155 e. The molecule has 0 aliphatic heterocycles. The maximum Gasteiger partial charge on any atom is 0.155 e. The Morgan fingerprint density at radius 3 is 2.61 bits per heavy atom. The van der Waals surface area contributed by atoms with Gasteiger partial charge in [-0.1, -0.05) is 18.6 Å². The minimum absolute atomic E-state index is 0.257. The Bertz CT molecular complexity index is 1770. The first-order valence-electron chi connectivity index (χ1n) is 12.9. The Morgan fingerprint density at radius 2 is 1.71 bits per heavy atom. The molecule has 7 rings (SSSR count). The predicted octanol–water partition coefficient (Wildman–Crippen LogP) is 7.08. The van der Waals surface area contributed by atoms with Crippen LogP contribution in [0.25, 0.3) is 55.7 Å². The molecule has 6 aromatic rings. The van der Waals surface area contributed by atoms with E-state index in [1.807, 2.05) is 36.7 Å². The molecule has 2 N–H and O–H groups in total. The van der Waals surface area contributed by atoms with Crippen LogP contribution in [0.15, 0.2) is 73.3 Å². The number of nitrogens with one attached hydrogen (secondary N) is 2. The highest BCUT2D eigenvalue weighted by Crippen LogP contribution is 2.35. The second kappa shape index (κ2) is 9.37. The molecule has 0 amide bonds. The number of rotatable bonds is 5. The molecule has 0 radical (unpaired) electrons. The van der Waals surface area contributed by atoms with Gasteiger partial charge < -0.3 is 9.72 Å². The fourth-order valence-electron chi connectivity index (χ4n) is 5.33. The van der Waals surface area contributed by atoms with Crippen LogP contribution in [0.1, 0.15) is 32.1 Å². The second-order valence-electron chi connectivity index (χ2n) is 9.76. The highest BCUT2D eigenvalue weighted by molar-refractivity contribution is 6.00. The van der Waals surface area contributed by atoms with E-state index in [4.69, 9.17) is 4.74 Å². The molecule has 5 heterocycles. The summed E-state index contributed by atoms with van der Waals surface area (Å²) in [7, 11) is 0. The largest absolute Gasteiger partial charge is 0.489 e. The van der Waals surface area contributed by atoms with Gasteiger partial charge in [-0.25, -0.2) is 9.37 Å². The Hall–Kier alpha value is -4.59. The monoisotopic (exact) mass is 504 g/mol. The molecule has 0 bridgehead atoms. The lowest BCUT2D eigenvalue weighted by Gasteiger charge is -2.23. The van der Waals surface area contributed by atoms with Gasteiger partial charge in [0.05, 0.1) is 23.7 Å². The van der Waals surface area contributed by atoms with Crippen molar-refractivity contribution in [2.75, 3.05) is 0 Å². The lowest BCUT2D eigenvalue weighted by atomic mass is 9.98. The zero-order valence-electron chi connectivity index (χ0n) is 20.6. The van der Waals surface area contributed by atoms with Crippen LogP contribution in [0.4, 0.5) is 4.39 Å². The number of H-pyrrole nitrogens is 2. The average molecular weight is 505 g/mol. The lowest BCUT2D eigenvalue weighted by Crippen LogP contribution is -2.19. The molecule has 38 heavy (non-hydrogen) atoms. The van der Waals surface area contributed by atoms with Gasteiger partial charge in [0.25, 0.3) is 0 Å². The van der Waals surface area contributed by atoms with Crippen LogP contribution >= 0.6 is 0 Å². The summed E-state index contributed by atoms with van der Waals surface area (Å²) < 4.78 is 20.8. The number of nitrogens with zero attached hydrogens (tertiary/aromatic N) is 4. The first-order valence-corrected chi connectivity index (χ1v) is 12.9. The fraction of sp³-hybridized carbons (Fsp3) is 0.200. The van der Waals surface area contributed by atoms with Crippen molar-refractivity contribution in [2.24, 2.45) is 0 Å². The highest BCUT2D eigenvalue weighted by atomic mass is 19.1. The third kappa shape index (κ3) is 4.08. The standard InChI is InChI=1S/C30H25FN6O/c31-25-9-5-4-8-22(25)28-23-14-27(35-26(23)10-11-33-28)29-24-13-19(16-34-30(24)37-36-29)18-12-21(17-32-15-18)38-20-6-2-1-3-7-20/h4-5,8-17,20,35H,1-3,6-7H2,(H,34,36,37). The van der Waals surface area contributed by atoms with Crippen molar-refractivity contribution in [1.29, 1.82) is 0 Å². The third-order valence-electron chi connectivity index (χ3n) is 7.25. The molecule has 1 aliphatic carbocycles. The number of benzene rings is 1. The van der Waals surface area contributed by atoms with Crippen LogP contribution in [-0.2, 0) is 0 Å². The van der Waals surface area contributed by atoms with Crippen molar-refractivity contribution in [3.05, 3.63) is 79.1 Å². The van der Waals surface area contributed by atoms with Gasteiger partial charge in [0.1, 0.15) is 17.3 Å². The van der Waals surface area contributed by atoms with E-state index in [9.17, 15) is 4.39 Å². The zero-order valence-corrected chi connectivity index (χ0v) is 20.6. The van der Waals surface area contributed by atoms with E-state index in [-0.39, 0.29) is 11.9 Å². The molecule has 1 saturated carbocycles. The summed E-state index contributed by atoms with van der Waals surface area (Å²) in [6.45, 7) is 0. The Labute approximate surface area is 218 Å². The van der Waals surface area contributed by atoms with Crippen molar-refractivity contribution in [3.63, 3.8) is 0 Å². The van der Waals surface area contributed by atoms with Crippen molar-refractivity contribution >= 4 is 21.9 Å². The lowest BCUT2D eigenvalue weighted by molar-refractivity contribution is 0.154. The van der Waals surface area contributed by atoms with E-state index < -0.39 is 0 Å². The molecule has 1 aromatic carbocycles. The van der Waals surface area contributed by atoms with Crippen LogP contribution in [-0.4, -0.2) is 36.2 Å². The Morgan fingerprint density at radius 1 is 0.842 bits per heavy atom. The number of aromatic nitrogens is 6. The van der Waals surface area contributed by atoms with E-state index in [2.05, 4.69) is 36.2 Å². The van der Waals surface area contributed by atoms with Gasteiger partial charge in [0.15, 0.2) is 5.65 Å². The van der Waals surface area contributed by atoms with E-state index >= 15 is 0 Å². The fourth-order valence-corrected chi connectivity index (χ4v) is 5.33. The zero-order chi connectivity index (χ0) is 25.5. The summed E-state index contributed by atoms with van der Waals surface area (Å²) in [5.74, 6) is 0.475. The number of ether oxygens (including phenoxy) is 1. The van der Waals surface area contributed by atoms with E-state index in [1.54, 1.807) is 24.5 Å². The summed E-state index contributed by atoms with van der Waals surface area (Å²) in [5.41, 5.74) is 5.96. The molecular weight excluding hydrogens is 479 g/mol. The quantitative estimate of drug-likeness (QED) is 0.262. The molecule has 1 fully saturated rings. The van der Waals surface area contributed by atoms with Crippen LogP contribution in [0.3, 0.4) is 0 Å².